The first-order chi connectivity index (χ1) is 21.1. The first-order valence-electron chi connectivity index (χ1n) is 14.8. The Kier molecular flexibility index (Phi) is 4.95. The molecule has 0 fully saturated rings. The fraction of sp³-hybridized carbons (Fsp3) is 0.0750. The van der Waals surface area contributed by atoms with Gasteiger partial charge in [0.1, 0.15) is 0 Å². The Balaban J connectivity index is 1.33. The highest BCUT2D eigenvalue weighted by Crippen LogP contribution is 2.54. The van der Waals surface area contributed by atoms with Crippen molar-refractivity contribution < 1.29 is 0 Å². The molecule has 3 aromatic heterocycles. The Hall–Kier alpha value is -5.41. The van der Waals surface area contributed by atoms with Gasteiger partial charge in [-0.2, -0.15) is 0 Å². The number of fused-ring (bicyclic) bond motifs is 9. The normalized spacial score (nSPS) is 13.5. The zero-order valence-corrected chi connectivity index (χ0v) is 24.0. The lowest BCUT2D eigenvalue weighted by molar-refractivity contribution is 0.662. The van der Waals surface area contributed by atoms with E-state index in [1.807, 2.05) is 24.5 Å². The van der Waals surface area contributed by atoms with Crippen molar-refractivity contribution >= 4 is 43.5 Å². The molecule has 0 atom stereocenters. The summed E-state index contributed by atoms with van der Waals surface area (Å²) in [5.74, 6) is 0. The third-order valence-corrected chi connectivity index (χ3v) is 9.30. The van der Waals surface area contributed by atoms with Gasteiger partial charge in [-0.3, -0.25) is 9.97 Å². The van der Waals surface area contributed by atoms with Gasteiger partial charge in [-0.05, 0) is 68.4 Å². The van der Waals surface area contributed by atoms with Gasteiger partial charge in [0.2, 0.25) is 0 Å². The van der Waals surface area contributed by atoms with E-state index in [2.05, 4.69) is 122 Å². The van der Waals surface area contributed by atoms with Crippen LogP contribution in [0, 0.1) is 0 Å². The monoisotopic (exact) mass is 549 g/mol. The molecule has 0 saturated carbocycles. The van der Waals surface area contributed by atoms with E-state index < -0.39 is 0 Å². The van der Waals surface area contributed by atoms with Gasteiger partial charge in [0.25, 0.3) is 0 Å². The fourth-order valence-electron chi connectivity index (χ4n) is 7.33. The number of pyridine rings is 3. The Morgan fingerprint density at radius 2 is 1.26 bits per heavy atom. The van der Waals surface area contributed by atoms with E-state index >= 15 is 0 Å². The van der Waals surface area contributed by atoms with Crippen LogP contribution in [0.25, 0.3) is 77.0 Å². The minimum absolute atomic E-state index is 0.189. The van der Waals surface area contributed by atoms with Gasteiger partial charge in [0, 0.05) is 39.5 Å². The van der Waals surface area contributed by atoms with Gasteiger partial charge in [-0.25, -0.2) is 4.98 Å². The average molecular weight is 550 g/mol. The average Bonchev–Trinajstić information content (AvgIpc) is 3.29. The minimum Gasteiger partial charge on any atom is -0.254 e. The molecule has 5 aromatic carbocycles. The van der Waals surface area contributed by atoms with Crippen molar-refractivity contribution in [2.24, 2.45) is 0 Å². The second-order valence-electron chi connectivity index (χ2n) is 12.0. The van der Waals surface area contributed by atoms with E-state index in [0.29, 0.717) is 0 Å². The van der Waals surface area contributed by atoms with Crippen molar-refractivity contribution in [1.29, 1.82) is 0 Å². The molecule has 0 saturated heterocycles. The van der Waals surface area contributed by atoms with Crippen LogP contribution in [0.15, 0.2) is 128 Å². The lowest BCUT2D eigenvalue weighted by Gasteiger charge is -2.25. The maximum atomic E-state index is 5.34. The molecule has 0 radical (unpaired) electrons. The molecule has 0 spiro atoms. The Morgan fingerprint density at radius 1 is 0.558 bits per heavy atom. The van der Waals surface area contributed by atoms with E-state index in [1.165, 1.54) is 44.0 Å². The molecule has 9 rings (SSSR count). The number of hydrogen-bond donors (Lipinski definition) is 0. The van der Waals surface area contributed by atoms with Crippen molar-refractivity contribution in [1.82, 2.24) is 15.0 Å². The molecule has 3 heteroatoms. The zero-order chi connectivity index (χ0) is 28.7. The molecular formula is C40H27N3. The first kappa shape index (κ1) is 24.2. The summed E-state index contributed by atoms with van der Waals surface area (Å²) in [5, 5.41) is 5.89. The van der Waals surface area contributed by atoms with Crippen LogP contribution in [0.4, 0.5) is 0 Å². The van der Waals surface area contributed by atoms with E-state index in [1.54, 1.807) is 0 Å². The Morgan fingerprint density at radius 3 is 2.14 bits per heavy atom. The lowest BCUT2D eigenvalue weighted by atomic mass is 9.78. The molecule has 1 aliphatic carbocycles. The SMILES string of the molecule is CC1(C)c2ccccc2-c2nc3ccc4ccccc4c3c(-c3ccc(-c4cc5cccnc5c5ncccc45)cc3)c21. The van der Waals surface area contributed by atoms with Crippen LogP contribution in [0.5, 0.6) is 0 Å². The zero-order valence-electron chi connectivity index (χ0n) is 24.0. The smallest absolute Gasteiger partial charge is 0.0970 e. The number of aromatic nitrogens is 3. The fourth-order valence-corrected chi connectivity index (χ4v) is 7.33. The van der Waals surface area contributed by atoms with Gasteiger partial charge in [-0.1, -0.05) is 105 Å². The molecule has 8 aromatic rings. The van der Waals surface area contributed by atoms with Crippen LogP contribution in [-0.4, -0.2) is 15.0 Å². The third-order valence-electron chi connectivity index (χ3n) is 9.30. The number of nitrogens with zero attached hydrogens (tertiary/aromatic N) is 3. The predicted molar refractivity (Wildman–Crippen MR) is 178 cm³/mol. The predicted octanol–water partition coefficient (Wildman–Crippen LogP) is 10.1. The van der Waals surface area contributed by atoms with Crippen molar-refractivity contribution in [3.8, 4) is 33.5 Å². The topological polar surface area (TPSA) is 38.7 Å². The van der Waals surface area contributed by atoms with E-state index in [9.17, 15) is 0 Å². The molecular weight excluding hydrogens is 522 g/mol. The third kappa shape index (κ3) is 3.39. The summed E-state index contributed by atoms with van der Waals surface area (Å²) in [5.41, 5.74) is 12.5. The maximum absolute atomic E-state index is 5.34. The van der Waals surface area contributed by atoms with E-state index in [-0.39, 0.29) is 5.41 Å². The number of hydrogen-bond acceptors (Lipinski definition) is 3. The summed E-state index contributed by atoms with van der Waals surface area (Å²) in [6, 6.07) is 41.4. The van der Waals surface area contributed by atoms with E-state index in [0.717, 1.165) is 44.1 Å². The second kappa shape index (κ2) is 8.80. The molecule has 3 nitrogen and oxygen atoms in total. The highest BCUT2D eigenvalue weighted by molar-refractivity contribution is 6.16. The molecule has 43 heavy (non-hydrogen) atoms. The van der Waals surface area contributed by atoms with Crippen LogP contribution in [0.2, 0.25) is 0 Å². The van der Waals surface area contributed by atoms with Crippen LogP contribution < -0.4 is 0 Å². The van der Waals surface area contributed by atoms with Gasteiger partial charge in [0.15, 0.2) is 0 Å². The number of benzene rings is 5. The van der Waals surface area contributed by atoms with Crippen molar-refractivity contribution in [3.63, 3.8) is 0 Å². The molecule has 0 amide bonds. The van der Waals surface area contributed by atoms with Crippen LogP contribution in [0.1, 0.15) is 25.0 Å². The minimum atomic E-state index is -0.189. The van der Waals surface area contributed by atoms with Crippen LogP contribution >= 0.6 is 0 Å². The molecule has 3 heterocycles. The second-order valence-corrected chi connectivity index (χ2v) is 12.0. The van der Waals surface area contributed by atoms with Gasteiger partial charge in [-0.15, -0.1) is 0 Å². The number of rotatable bonds is 2. The highest BCUT2D eigenvalue weighted by atomic mass is 14.7. The van der Waals surface area contributed by atoms with Gasteiger partial charge in [0.05, 0.1) is 22.2 Å². The van der Waals surface area contributed by atoms with E-state index in [4.69, 9.17) is 9.97 Å². The summed E-state index contributed by atoms with van der Waals surface area (Å²) in [6.07, 6.45) is 3.69. The summed E-state index contributed by atoms with van der Waals surface area (Å²) in [7, 11) is 0. The first-order valence-corrected chi connectivity index (χ1v) is 14.8. The molecule has 0 unspecified atom stereocenters. The highest BCUT2D eigenvalue weighted by Gasteiger charge is 2.39. The van der Waals surface area contributed by atoms with Crippen molar-refractivity contribution in [3.05, 3.63) is 139 Å². The largest absolute Gasteiger partial charge is 0.254 e. The van der Waals surface area contributed by atoms with Crippen molar-refractivity contribution in [2.45, 2.75) is 19.3 Å². The Bertz CT molecular complexity index is 2420. The summed E-state index contributed by atoms with van der Waals surface area (Å²) < 4.78 is 0. The summed E-state index contributed by atoms with van der Waals surface area (Å²) in [4.78, 5) is 14.7. The summed E-state index contributed by atoms with van der Waals surface area (Å²) in [6.45, 7) is 4.69. The quantitative estimate of drug-likeness (QED) is 0.201. The standard InChI is InChI=1S/C40H27N3/c1-40(2)32-14-6-5-12-30(32)38-36(40)34(35-28-11-4-3-9-24(28)19-20-33(35)43-38)26-17-15-25(16-18-26)31-23-27-10-7-21-41-37(27)39-29(31)13-8-22-42-39/h3-23H,1-2H3. The molecule has 0 N–H and O–H groups in total. The molecule has 0 bridgehead atoms. The van der Waals surface area contributed by atoms with Crippen LogP contribution in [0.3, 0.4) is 0 Å². The molecule has 202 valence electrons. The molecule has 0 aliphatic heterocycles. The molecule has 1 aliphatic rings. The maximum Gasteiger partial charge on any atom is 0.0970 e. The lowest BCUT2D eigenvalue weighted by Crippen LogP contribution is -2.16. The summed E-state index contributed by atoms with van der Waals surface area (Å²) >= 11 is 0. The Labute approximate surface area is 249 Å². The van der Waals surface area contributed by atoms with Gasteiger partial charge < -0.3 is 0 Å². The van der Waals surface area contributed by atoms with Gasteiger partial charge >= 0.3 is 0 Å². The van der Waals surface area contributed by atoms with Crippen molar-refractivity contribution in [2.75, 3.05) is 0 Å². The van der Waals surface area contributed by atoms with Crippen LogP contribution in [-0.2, 0) is 5.41 Å².